The lowest BCUT2D eigenvalue weighted by molar-refractivity contribution is 0.869. The number of aromatic nitrogens is 1. The Morgan fingerprint density at radius 2 is 1.06 bits per heavy atom. The molecule has 0 aliphatic heterocycles. The standard InChI is InChI=1S/C33H26N2/c1-18(2)20-6-8-22-14-31-27(12-24(22)10-20)29-16-26(34-5)17-30-28-13-25-11-21(19(3)4)7-9-23(25)15-32(28)35(31)33(29)30/h6-19H,1-4H3. The van der Waals surface area contributed by atoms with Crippen LogP contribution in [0.25, 0.3) is 64.5 Å². The van der Waals surface area contributed by atoms with E-state index in [2.05, 4.69) is 110 Å². The fourth-order valence-electron chi connectivity index (χ4n) is 5.83. The van der Waals surface area contributed by atoms with Gasteiger partial charge in [-0.05, 0) is 91.7 Å². The van der Waals surface area contributed by atoms with Crippen LogP contribution in [0, 0.1) is 6.57 Å². The van der Waals surface area contributed by atoms with Crippen molar-refractivity contribution in [2.45, 2.75) is 39.5 Å². The zero-order chi connectivity index (χ0) is 24.0. The summed E-state index contributed by atoms with van der Waals surface area (Å²) in [6, 6.07) is 27.1. The summed E-state index contributed by atoms with van der Waals surface area (Å²) in [6.45, 7) is 16.7. The maximum Gasteiger partial charge on any atom is 0.188 e. The highest BCUT2D eigenvalue weighted by Crippen LogP contribution is 2.43. The zero-order valence-electron chi connectivity index (χ0n) is 20.5. The summed E-state index contributed by atoms with van der Waals surface area (Å²) < 4.78 is 2.43. The molecule has 0 aliphatic rings. The van der Waals surface area contributed by atoms with E-state index >= 15 is 0 Å². The third kappa shape index (κ3) is 2.76. The van der Waals surface area contributed by atoms with Gasteiger partial charge in [0.1, 0.15) is 0 Å². The van der Waals surface area contributed by atoms with Gasteiger partial charge in [0.15, 0.2) is 5.69 Å². The van der Waals surface area contributed by atoms with Crippen molar-refractivity contribution in [3.8, 4) is 0 Å². The number of hydrogen-bond donors (Lipinski definition) is 0. The van der Waals surface area contributed by atoms with Crippen molar-refractivity contribution < 1.29 is 0 Å². The van der Waals surface area contributed by atoms with Gasteiger partial charge in [-0.2, -0.15) is 0 Å². The molecule has 0 N–H and O–H groups in total. The van der Waals surface area contributed by atoms with Crippen LogP contribution in [0.15, 0.2) is 72.8 Å². The van der Waals surface area contributed by atoms with E-state index in [9.17, 15) is 0 Å². The average molecular weight is 451 g/mol. The number of benzene rings is 5. The van der Waals surface area contributed by atoms with Crippen LogP contribution in [-0.4, -0.2) is 4.40 Å². The Morgan fingerprint density at radius 3 is 1.49 bits per heavy atom. The molecule has 0 unspecified atom stereocenters. The first-order valence-electron chi connectivity index (χ1n) is 12.4. The molecular formula is C33H26N2. The van der Waals surface area contributed by atoms with E-state index in [1.165, 1.54) is 70.8 Å². The molecular weight excluding hydrogens is 424 g/mol. The Labute approximate surface area is 204 Å². The van der Waals surface area contributed by atoms with Gasteiger partial charge in [-0.25, -0.2) is 4.85 Å². The van der Waals surface area contributed by atoms with Gasteiger partial charge in [-0.3, -0.25) is 0 Å². The van der Waals surface area contributed by atoms with Gasteiger partial charge in [0.25, 0.3) is 0 Å². The van der Waals surface area contributed by atoms with Crippen molar-refractivity contribution in [2.24, 2.45) is 0 Å². The molecule has 2 nitrogen and oxygen atoms in total. The van der Waals surface area contributed by atoms with Gasteiger partial charge >= 0.3 is 0 Å². The molecule has 2 heterocycles. The normalized spacial score (nSPS) is 12.5. The Balaban J connectivity index is 1.67. The minimum absolute atomic E-state index is 0.493. The Morgan fingerprint density at radius 1 is 0.571 bits per heavy atom. The van der Waals surface area contributed by atoms with E-state index in [1.54, 1.807) is 0 Å². The van der Waals surface area contributed by atoms with Crippen LogP contribution in [0.3, 0.4) is 0 Å². The summed E-state index contributed by atoms with van der Waals surface area (Å²) in [5.41, 5.74) is 7.06. The molecule has 0 bridgehead atoms. The summed E-state index contributed by atoms with van der Waals surface area (Å²) in [4.78, 5) is 3.85. The third-order valence-corrected chi connectivity index (χ3v) is 7.80. The predicted octanol–water partition coefficient (Wildman–Crippen LogP) is 9.94. The largest absolute Gasteiger partial charge is 0.308 e. The van der Waals surface area contributed by atoms with Crippen molar-refractivity contribution in [3.63, 3.8) is 0 Å². The molecule has 0 atom stereocenters. The molecule has 0 aliphatic carbocycles. The number of hydrogen-bond acceptors (Lipinski definition) is 0. The lowest BCUT2D eigenvalue weighted by atomic mass is 9.97. The lowest BCUT2D eigenvalue weighted by Crippen LogP contribution is -1.88. The molecule has 5 aromatic carbocycles. The van der Waals surface area contributed by atoms with Crippen LogP contribution < -0.4 is 0 Å². The molecule has 7 rings (SSSR count). The first kappa shape index (κ1) is 20.3. The van der Waals surface area contributed by atoms with Crippen LogP contribution in [-0.2, 0) is 0 Å². The summed E-state index contributed by atoms with van der Waals surface area (Å²) >= 11 is 0. The van der Waals surface area contributed by atoms with Crippen molar-refractivity contribution in [2.75, 3.05) is 0 Å². The van der Waals surface area contributed by atoms with Crippen molar-refractivity contribution >= 4 is 65.3 Å². The topological polar surface area (TPSA) is 8.77 Å². The molecule has 0 saturated heterocycles. The fourth-order valence-corrected chi connectivity index (χ4v) is 5.83. The SMILES string of the molecule is [C-]#[N+]c1cc2c3cc4cc(C(C)C)ccc4cc3n3c4cc5ccc(C(C)C)cc5cc4c(c1)c23. The second kappa shape index (κ2) is 6.96. The van der Waals surface area contributed by atoms with Crippen LogP contribution >= 0.6 is 0 Å². The molecule has 0 spiro atoms. The minimum Gasteiger partial charge on any atom is -0.308 e. The van der Waals surface area contributed by atoms with Gasteiger partial charge < -0.3 is 4.40 Å². The predicted molar refractivity (Wildman–Crippen MR) is 151 cm³/mol. The summed E-state index contributed by atoms with van der Waals surface area (Å²) in [7, 11) is 0. The number of fused-ring (bicyclic) bond motifs is 8. The van der Waals surface area contributed by atoms with E-state index < -0.39 is 0 Å². The van der Waals surface area contributed by atoms with Crippen LogP contribution in [0.4, 0.5) is 5.69 Å². The van der Waals surface area contributed by atoms with Gasteiger partial charge in [-0.15, -0.1) is 0 Å². The third-order valence-electron chi connectivity index (χ3n) is 7.80. The highest BCUT2D eigenvalue weighted by atomic mass is 14.9. The molecule has 0 saturated carbocycles. The van der Waals surface area contributed by atoms with E-state index in [4.69, 9.17) is 6.57 Å². The second-order valence-corrected chi connectivity index (χ2v) is 10.6. The zero-order valence-corrected chi connectivity index (χ0v) is 20.5. The van der Waals surface area contributed by atoms with Gasteiger partial charge in [-0.1, -0.05) is 64.1 Å². The Bertz CT molecular complexity index is 1880. The van der Waals surface area contributed by atoms with E-state index in [0.29, 0.717) is 17.5 Å². The molecule has 35 heavy (non-hydrogen) atoms. The molecule has 0 radical (unpaired) electrons. The molecule has 2 heteroatoms. The number of nitrogens with zero attached hydrogens (tertiary/aromatic N) is 2. The quantitative estimate of drug-likeness (QED) is 0.232. The Kier molecular flexibility index (Phi) is 4.04. The maximum atomic E-state index is 7.78. The van der Waals surface area contributed by atoms with Crippen molar-refractivity contribution in [1.29, 1.82) is 0 Å². The van der Waals surface area contributed by atoms with Crippen molar-refractivity contribution in [3.05, 3.63) is 95.3 Å². The summed E-state index contributed by atoms with van der Waals surface area (Å²) in [5, 5.41) is 9.82. The van der Waals surface area contributed by atoms with E-state index in [0.717, 1.165) is 0 Å². The van der Waals surface area contributed by atoms with Gasteiger partial charge in [0, 0.05) is 10.8 Å². The first-order valence-corrected chi connectivity index (χ1v) is 12.4. The average Bonchev–Trinajstić information content (AvgIpc) is 3.35. The van der Waals surface area contributed by atoms with Crippen LogP contribution in [0.5, 0.6) is 0 Å². The second-order valence-electron chi connectivity index (χ2n) is 10.6. The molecule has 0 fully saturated rings. The van der Waals surface area contributed by atoms with E-state index in [1.807, 2.05) is 0 Å². The van der Waals surface area contributed by atoms with Crippen molar-refractivity contribution in [1.82, 2.24) is 4.40 Å². The molecule has 0 amide bonds. The van der Waals surface area contributed by atoms with Gasteiger partial charge in [0.05, 0.1) is 23.1 Å². The van der Waals surface area contributed by atoms with Crippen LogP contribution in [0.1, 0.15) is 50.7 Å². The van der Waals surface area contributed by atoms with Crippen LogP contribution in [0.2, 0.25) is 0 Å². The smallest absolute Gasteiger partial charge is 0.188 e. The highest BCUT2D eigenvalue weighted by molar-refractivity contribution is 6.26. The molecule has 168 valence electrons. The maximum absolute atomic E-state index is 7.78. The van der Waals surface area contributed by atoms with Gasteiger partial charge in [0.2, 0.25) is 0 Å². The Hall–Kier alpha value is -4.09. The molecule has 2 aromatic heterocycles. The summed E-state index contributed by atoms with van der Waals surface area (Å²) in [5.74, 6) is 0.985. The minimum atomic E-state index is 0.493. The fraction of sp³-hybridized carbons (Fsp3) is 0.182. The van der Waals surface area contributed by atoms with E-state index in [-0.39, 0.29) is 0 Å². The molecule has 7 aromatic rings. The first-order chi connectivity index (χ1) is 16.9. The summed E-state index contributed by atoms with van der Waals surface area (Å²) in [6.07, 6.45) is 0. The highest BCUT2D eigenvalue weighted by Gasteiger charge is 2.20. The monoisotopic (exact) mass is 450 g/mol. The number of rotatable bonds is 2. The lowest BCUT2D eigenvalue weighted by Gasteiger charge is -2.09.